The molecule has 2 aromatic rings. The van der Waals surface area contributed by atoms with E-state index >= 15 is 0 Å². The number of allylic oxidation sites excluding steroid dienone is 4. The number of carbonyl (C=O) groups is 1. The number of carbonyl (C=O) groups excluding carboxylic acids is 1. The molecule has 6 rings (SSSR count). The van der Waals surface area contributed by atoms with Gasteiger partial charge in [-0.25, -0.2) is 4.79 Å². The van der Waals surface area contributed by atoms with Crippen molar-refractivity contribution in [1.29, 1.82) is 0 Å². The number of fused-ring (bicyclic) bond motifs is 6. The maximum absolute atomic E-state index is 13.3. The molecule has 0 amide bonds. The van der Waals surface area contributed by atoms with Crippen LogP contribution < -0.4 is 4.74 Å². The zero-order valence-corrected chi connectivity index (χ0v) is 24.6. The molecule has 7 nitrogen and oxygen atoms in total. The second kappa shape index (κ2) is 11.6. The quantitative estimate of drug-likeness (QED) is 0.390. The average Bonchev–Trinajstić information content (AvgIpc) is 3.25. The molecule has 0 saturated heterocycles. The van der Waals surface area contributed by atoms with Gasteiger partial charge in [0.1, 0.15) is 12.5 Å². The first-order valence-electron chi connectivity index (χ1n) is 13.9. The van der Waals surface area contributed by atoms with E-state index in [1.807, 2.05) is 14.0 Å². The van der Waals surface area contributed by atoms with E-state index in [4.69, 9.17) is 9.47 Å². The molecule has 0 N–H and O–H groups in total. The van der Waals surface area contributed by atoms with Gasteiger partial charge in [-0.1, -0.05) is 38.8 Å². The number of ether oxygens (including phenoxy) is 2. The van der Waals surface area contributed by atoms with Crippen LogP contribution in [0.5, 0.6) is 5.75 Å². The zero-order valence-electron chi connectivity index (χ0n) is 23.1. The molecule has 1 aliphatic carbocycles. The van der Waals surface area contributed by atoms with Gasteiger partial charge in [0.2, 0.25) is 0 Å². The zero-order chi connectivity index (χ0) is 26.8. The van der Waals surface area contributed by atoms with E-state index in [1.54, 1.807) is 0 Å². The third-order valence-corrected chi connectivity index (χ3v) is 8.18. The highest BCUT2D eigenvalue weighted by Crippen LogP contribution is 2.44. The molecule has 1 aromatic heterocycles. The molecule has 0 bridgehead atoms. The summed E-state index contributed by atoms with van der Waals surface area (Å²) in [6, 6.07) is 2.11. The predicted octanol–water partition coefficient (Wildman–Crippen LogP) is 6.38. The van der Waals surface area contributed by atoms with Crippen molar-refractivity contribution >= 4 is 32.8 Å². The summed E-state index contributed by atoms with van der Waals surface area (Å²) in [5.74, 6) is 0.584. The lowest BCUT2D eigenvalue weighted by molar-refractivity contribution is 0.0524. The number of hydrogen-bond acceptors (Lipinski definition) is 6. The number of halogens is 1. The van der Waals surface area contributed by atoms with Crippen LogP contribution in [-0.2, 0) is 24.4 Å². The highest BCUT2D eigenvalue weighted by molar-refractivity contribution is 9.10. The lowest BCUT2D eigenvalue weighted by atomic mass is 10.0. The lowest BCUT2D eigenvalue weighted by Crippen LogP contribution is -2.42. The van der Waals surface area contributed by atoms with E-state index in [0.29, 0.717) is 25.4 Å². The molecule has 4 aliphatic rings. The van der Waals surface area contributed by atoms with Crippen LogP contribution in [-0.4, -0.2) is 58.7 Å². The van der Waals surface area contributed by atoms with Crippen LogP contribution in [0.2, 0.25) is 0 Å². The predicted molar refractivity (Wildman–Crippen MR) is 155 cm³/mol. The monoisotopic (exact) mass is 582 g/mol. The molecule has 0 saturated carbocycles. The van der Waals surface area contributed by atoms with Crippen LogP contribution in [0.25, 0.3) is 10.9 Å². The largest absolute Gasteiger partial charge is 0.477 e. The Morgan fingerprint density at radius 2 is 1.92 bits per heavy atom. The topological polar surface area (TPSA) is 50.2 Å². The molecule has 38 heavy (non-hydrogen) atoms. The highest BCUT2D eigenvalue weighted by Gasteiger charge is 2.35. The van der Waals surface area contributed by atoms with E-state index in [2.05, 4.69) is 79.5 Å². The molecule has 0 atom stereocenters. The molecule has 0 unspecified atom stereocenters. The summed E-state index contributed by atoms with van der Waals surface area (Å²) in [7, 11) is 2.03. The van der Waals surface area contributed by atoms with Crippen molar-refractivity contribution < 1.29 is 14.3 Å². The van der Waals surface area contributed by atoms with Crippen LogP contribution >= 0.6 is 15.9 Å². The summed E-state index contributed by atoms with van der Waals surface area (Å²) in [5, 5.41) is 0.966. The average molecular weight is 584 g/mol. The van der Waals surface area contributed by atoms with Gasteiger partial charge in [-0.3, -0.25) is 4.90 Å². The maximum atomic E-state index is 13.3. The van der Waals surface area contributed by atoms with Gasteiger partial charge in [-0.2, -0.15) is 0 Å². The number of rotatable bonds is 4. The first kappa shape index (κ1) is 26.9. The van der Waals surface area contributed by atoms with Gasteiger partial charge in [0.05, 0.1) is 46.6 Å². The van der Waals surface area contributed by atoms with Gasteiger partial charge in [0, 0.05) is 42.5 Å². The Balaban J connectivity index is 0.000000689. The fourth-order valence-corrected chi connectivity index (χ4v) is 6.10. The first-order valence-corrected chi connectivity index (χ1v) is 14.7. The van der Waals surface area contributed by atoms with Crippen LogP contribution in [0.15, 0.2) is 46.4 Å². The minimum Gasteiger partial charge on any atom is -0.477 e. The number of hydrogen-bond donors (Lipinski definition) is 0. The first-order chi connectivity index (χ1) is 18.5. The molecule has 204 valence electrons. The molecule has 0 spiro atoms. The molecule has 0 radical (unpaired) electrons. The number of esters is 1. The summed E-state index contributed by atoms with van der Waals surface area (Å²) >= 11 is 3.74. The van der Waals surface area contributed by atoms with Crippen molar-refractivity contribution in [3.8, 4) is 5.75 Å². The van der Waals surface area contributed by atoms with Crippen molar-refractivity contribution in [2.45, 2.75) is 66.1 Å². The van der Waals surface area contributed by atoms with Crippen molar-refractivity contribution in [2.75, 3.05) is 33.5 Å². The molecule has 0 fully saturated rings. The molecule has 4 heterocycles. The number of benzene rings is 1. The van der Waals surface area contributed by atoms with E-state index in [-0.39, 0.29) is 5.97 Å². The maximum Gasteiger partial charge on any atom is 0.340 e. The van der Waals surface area contributed by atoms with E-state index in [1.165, 1.54) is 24.2 Å². The fraction of sp³-hybridized carbons (Fsp3) is 0.500. The minimum absolute atomic E-state index is 0.248. The standard InChI is InChI=1S/C26H29BrN4O3.C4H10/c1-3-33-26(32)24-22-15-30-10-9-29(17-7-5-4-6-8-17)12-18(30)13-31(22)21-11-20(27)25-19(23(21)24)14-28(2)16-34-25;1-3-4-2/h5,7-8,11-12H,3-4,6,9-10,13-16H2,1-2H3;3-4H2,1-2H3. The van der Waals surface area contributed by atoms with Crippen LogP contribution in [0.4, 0.5) is 0 Å². The van der Waals surface area contributed by atoms with Gasteiger partial charge >= 0.3 is 5.97 Å². The Bertz CT molecular complexity index is 1310. The van der Waals surface area contributed by atoms with Gasteiger partial charge < -0.3 is 23.8 Å². The minimum atomic E-state index is -0.248. The Labute approximate surface area is 234 Å². The fourth-order valence-electron chi connectivity index (χ4n) is 5.53. The lowest BCUT2D eigenvalue weighted by Gasteiger charge is -2.40. The third kappa shape index (κ3) is 5.00. The van der Waals surface area contributed by atoms with Crippen LogP contribution in [0, 0.1) is 0 Å². The Morgan fingerprint density at radius 1 is 1.11 bits per heavy atom. The second-order valence-corrected chi connectivity index (χ2v) is 11.2. The van der Waals surface area contributed by atoms with Gasteiger partial charge in [-0.05, 0) is 54.9 Å². The van der Waals surface area contributed by atoms with E-state index < -0.39 is 0 Å². The summed E-state index contributed by atoms with van der Waals surface area (Å²) in [6.45, 7) is 11.1. The van der Waals surface area contributed by atoms with Crippen LogP contribution in [0.1, 0.15) is 68.1 Å². The number of unbranched alkanes of at least 4 members (excludes halogenated alkanes) is 1. The van der Waals surface area contributed by atoms with Gasteiger partial charge in [-0.15, -0.1) is 0 Å². The Hall–Kier alpha value is -2.71. The normalized spacial score (nSPS) is 18.4. The Morgan fingerprint density at radius 3 is 2.63 bits per heavy atom. The third-order valence-electron chi connectivity index (χ3n) is 7.59. The molecule has 8 heteroatoms. The highest BCUT2D eigenvalue weighted by atomic mass is 79.9. The molecule has 1 aromatic carbocycles. The van der Waals surface area contributed by atoms with Crippen molar-refractivity contribution in [3.63, 3.8) is 0 Å². The summed E-state index contributed by atoms with van der Waals surface area (Å²) in [4.78, 5) is 20.2. The SMILES string of the molecule is CCCC.CCOC(=O)c1c2n(c3cc(Br)c4c(c13)CN(C)CO4)CC1=CN(C3=CCCC=C3)CCN1C2. The van der Waals surface area contributed by atoms with Crippen molar-refractivity contribution in [2.24, 2.45) is 0 Å². The summed E-state index contributed by atoms with van der Waals surface area (Å²) in [5.41, 5.74) is 6.38. The summed E-state index contributed by atoms with van der Waals surface area (Å²) < 4.78 is 14.9. The van der Waals surface area contributed by atoms with E-state index in [0.717, 1.165) is 71.4 Å². The molecule has 3 aliphatic heterocycles. The summed E-state index contributed by atoms with van der Waals surface area (Å²) in [6.07, 6.45) is 13.9. The number of aromatic nitrogens is 1. The van der Waals surface area contributed by atoms with Gasteiger partial charge in [0.15, 0.2) is 0 Å². The number of nitrogens with zero attached hydrogens (tertiary/aromatic N) is 4. The van der Waals surface area contributed by atoms with Gasteiger partial charge in [0.25, 0.3) is 0 Å². The Kier molecular flexibility index (Phi) is 8.19. The second-order valence-electron chi connectivity index (χ2n) is 10.3. The molecular formula is C30H39BrN4O3. The smallest absolute Gasteiger partial charge is 0.340 e. The van der Waals surface area contributed by atoms with Crippen LogP contribution in [0.3, 0.4) is 0 Å². The molecular weight excluding hydrogens is 544 g/mol. The van der Waals surface area contributed by atoms with Crippen molar-refractivity contribution in [1.82, 2.24) is 19.3 Å². The van der Waals surface area contributed by atoms with E-state index in [9.17, 15) is 4.79 Å². The van der Waals surface area contributed by atoms with Crippen molar-refractivity contribution in [3.05, 3.63) is 63.2 Å².